The predicted octanol–water partition coefficient (Wildman–Crippen LogP) is 1.12. The number of hydrogen-bond acceptors (Lipinski definition) is 4. The van der Waals surface area contributed by atoms with Crippen LogP contribution in [0.15, 0.2) is 23.1 Å². The van der Waals surface area contributed by atoms with Crippen LogP contribution in [0.2, 0.25) is 0 Å². The number of nitrogen functional groups attached to an aromatic ring is 1. The number of halogens is 3. The van der Waals surface area contributed by atoms with Crippen molar-refractivity contribution >= 4 is 15.7 Å². The normalized spacial score (nSPS) is 12.4. The lowest BCUT2D eigenvalue weighted by Gasteiger charge is -2.12. The molecule has 0 spiro atoms. The van der Waals surface area contributed by atoms with E-state index in [0.29, 0.717) is 0 Å². The molecule has 1 aromatic carbocycles. The van der Waals surface area contributed by atoms with E-state index < -0.39 is 22.8 Å². The van der Waals surface area contributed by atoms with Crippen LogP contribution in [-0.4, -0.2) is 28.2 Å². The highest BCUT2D eigenvalue weighted by molar-refractivity contribution is 7.89. The van der Waals surface area contributed by atoms with Gasteiger partial charge in [0.2, 0.25) is 10.0 Å². The molecule has 0 atom stereocenters. The molecule has 0 saturated heterocycles. The second-order valence-electron chi connectivity index (χ2n) is 3.31. The average Bonchev–Trinajstić information content (AvgIpc) is 2.26. The zero-order valence-electron chi connectivity index (χ0n) is 9.28. The van der Waals surface area contributed by atoms with Crippen LogP contribution in [0, 0.1) is 0 Å². The molecule has 0 heterocycles. The predicted molar refractivity (Wildman–Crippen MR) is 58.6 cm³/mol. The molecule has 1 aromatic rings. The molecule has 102 valence electrons. The van der Waals surface area contributed by atoms with Crippen molar-refractivity contribution in [2.24, 2.45) is 0 Å². The highest BCUT2D eigenvalue weighted by Crippen LogP contribution is 2.27. The molecule has 3 N–H and O–H groups in total. The van der Waals surface area contributed by atoms with Gasteiger partial charge in [-0.3, -0.25) is 0 Å². The third-order valence-corrected chi connectivity index (χ3v) is 3.37. The van der Waals surface area contributed by atoms with E-state index in [1.807, 2.05) is 4.72 Å². The highest BCUT2D eigenvalue weighted by Gasteiger charge is 2.29. The van der Waals surface area contributed by atoms with Crippen LogP contribution in [0.25, 0.3) is 0 Å². The van der Waals surface area contributed by atoms with E-state index in [-0.39, 0.29) is 16.3 Å². The van der Waals surface area contributed by atoms with Crippen molar-refractivity contribution in [1.29, 1.82) is 0 Å². The molecule has 0 aliphatic carbocycles. The summed E-state index contributed by atoms with van der Waals surface area (Å²) in [5.41, 5.74) is 5.32. The van der Waals surface area contributed by atoms with Crippen LogP contribution in [0.5, 0.6) is 5.75 Å². The number of benzene rings is 1. The van der Waals surface area contributed by atoms with Gasteiger partial charge < -0.3 is 10.5 Å². The Balaban J connectivity index is 3.03. The summed E-state index contributed by atoms with van der Waals surface area (Å²) in [7, 11) is -2.58. The Kier molecular flexibility index (Phi) is 4.07. The molecule has 9 heteroatoms. The van der Waals surface area contributed by atoms with Gasteiger partial charge in [-0.2, -0.15) is 13.2 Å². The minimum Gasteiger partial charge on any atom is -0.482 e. The fraction of sp³-hybridized carbons (Fsp3) is 0.333. The molecular formula is C9H11F3N2O3S. The molecule has 0 aliphatic rings. The number of sulfonamides is 1. The van der Waals surface area contributed by atoms with E-state index in [1.54, 1.807) is 0 Å². The summed E-state index contributed by atoms with van der Waals surface area (Å²) in [4.78, 5) is -0.226. The second-order valence-corrected chi connectivity index (χ2v) is 5.20. The van der Waals surface area contributed by atoms with Crippen molar-refractivity contribution in [1.82, 2.24) is 4.72 Å². The van der Waals surface area contributed by atoms with Gasteiger partial charge in [0.25, 0.3) is 0 Å². The Morgan fingerprint density at radius 3 is 2.50 bits per heavy atom. The smallest absolute Gasteiger partial charge is 0.422 e. The van der Waals surface area contributed by atoms with E-state index in [2.05, 4.69) is 4.74 Å². The van der Waals surface area contributed by atoms with E-state index >= 15 is 0 Å². The molecule has 0 aromatic heterocycles. The summed E-state index contributed by atoms with van der Waals surface area (Å²) in [6.07, 6.45) is -4.52. The van der Waals surface area contributed by atoms with Gasteiger partial charge in [0.15, 0.2) is 6.61 Å². The first-order chi connectivity index (χ1) is 8.15. The van der Waals surface area contributed by atoms with Gasteiger partial charge in [0.05, 0.1) is 10.6 Å². The molecule has 0 radical (unpaired) electrons. The number of hydrogen-bond donors (Lipinski definition) is 2. The van der Waals surface area contributed by atoms with Crippen molar-refractivity contribution in [3.63, 3.8) is 0 Å². The lowest BCUT2D eigenvalue weighted by Crippen LogP contribution is -2.21. The largest absolute Gasteiger partial charge is 0.482 e. The Labute approximate surface area is 102 Å². The lowest BCUT2D eigenvalue weighted by molar-refractivity contribution is -0.153. The van der Waals surface area contributed by atoms with Crippen LogP contribution in [-0.2, 0) is 10.0 Å². The summed E-state index contributed by atoms with van der Waals surface area (Å²) >= 11 is 0. The van der Waals surface area contributed by atoms with Crippen LogP contribution in [0.4, 0.5) is 18.9 Å². The number of anilines is 1. The molecule has 0 bridgehead atoms. The minimum absolute atomic E-state index is 0.0747. The van der Waals surface area contributed by atoms with E-state index in [9.17, 15) is 21.6 Å². The van der Waals surface area contributed by atoms with Crippen molar-refractivity contribution in [2.45, 2.75) is 11.1 Å². The Bertz CT molecular complexity index is 528. The maximum atomic E-state index is 12.0. The van der Waals surface area contributed by atoms with Gasteiger partial charge in [-0.25, -0.2) is 13.1 Å². The quantitative estimate of drug-likeness (QED) is 0.812. The second kappa shape index (κ2) is 5.02. The molecule has 0 fully saturated rings. The van der Waals surface area contributed by atoms with Gasteiger partial charge in [0.1, 0.15) is 5.75 Å². The average molecular weight is 284 g/mol. The number of rotatable bonds is 4. The number of nitrogens with two attached hydrogens (primary N) is 1. The molecule has 5 nitrogen and oxygen atoms in total. The maximum absolute atomic E-state index is 12.0. The van der Waals surface area contributed by atoms with Crippen molar-refractivity contribution < 1.29 is 26.3 Å². The third-order valence-electron chi connectivity index (χ3n) is 1.96. The van der Waals surface area contributed by atoms with Crippen LogP contribution >= 0.6 is 0 Å². The standard InChI is InChI=1S/C9H11F3N2O3S/c1-14-18(15,16)6-2-3-7(13)8(4-6)17-5-9(10,11)12/h2-4,14H,5,13H2,1H3. The molecule has 0 aliphatic heterocycles. The van der Waals surface area contributed by atoms with Crippen LogP contribution in [0.3, 0.4) is 0 Å². The fourth-order valence-corrected chi connectivity index (χ4v) is 1.83. The molecule has 18 heavy (non-hydrogen) atoms. The van der Waals surface area contributed by atoms with Gasteiger partial charge in [0, 0.05) is 6.07 Å². The molecular weight excluding hydrogens is 273 g/mol. The molecule has 1 rings (SSSR count). The zero-order chi connectivity index (χ0) is 14.0. The maximum Gasteiger partial charge on any atom is 0.422 e. The Morgan fingerprint density at radius 1 is 1.39 bits per heavy atom. The lowest BCUT2D eigenvalue weighted by atomic mass is 10.3. The summed E-state index contributed by atoms with van der Waals surface area (Å²) in [6.45, 7) is -1.54. The first kappa shape index (κ1) is 14.6. The SMILES string of the molecule is CNS(=O)(=O)c1ccc(N)c(OCC(F)(F)F)c1. The van der Waals surface area contributed by atoms with Crippen molar-refractivity contribution in [3.8, 4) is 5.75 Å². The summed E-state index contributed by atoms with van der Waals surface area (Å²) in [5, 5.41) is 0. The molecule has 0 unspecified atom stereocenters. The van der Waals surface area contributed by atoms with Gasteiger partial charge in [-0.05, 0) is 19.2 Å². The molecule has 0 amide bonds. The van der Waals surface area contributed by atoms with Crippen molar-refractivity contribution in [3.05, 3.63) is 18.2 Å². The fourth-order valence-electron chi connectivity index (χ4n) is 1.08. The van der Waals surface area contributed by atoms with Gasteiger partial charge >= 0.3 is 6.18 Å². The third kappa shape index (κ3) is 3.77. The summed E-state index contributed by atoms with van der Waals surface area (Å²) < 4.78 is 65.3. The Hall–Kier alpha value is -1.48. The van der Waals surface area contributed by atoms with Crippen LogP contribution < -0.4 is 15.2 Å². The summed E-state index contributed by atoms with van der Waals surface area (Å²) in [6, 6.07) is 3.27. The van der Waals surface area contributed by atoms with E-state index in [0.717, 1.165) is 12.1 Å². The van der Waals surface area contributed by atoms with Crippen molar-refractivity contribution in [2.75, 3.05) is 19.4 Å². The van der Waals surface area contributed by atoms with E-state index in [4.69, 9.17) is 5.73 Å². The zero-order valence-corrected chi connectivity index (χ0v) is 10.1. The molecule has 0 saturated carbocycles. The number of alkyl halides is 3. The first-order valence-electron chi connectivity index (χ1n) is 4.68. The van der Waals surface area contributed by atoms with E-state index in [1.165, 1.54) is 13.1 Å². The first-order valence-corrected chi connectivity index (χ1v) is 6.16. The summed E-state index contributed by atoms with van der Waals surface area (Å²) in [5.74, 6) is -0.330. The monoisotopic (exact) mass is 284 g/mol. The van der Waals surface area contributed by atoms with Gasteiger partial charge in [-0.15, -0.1) is 0 Å². The highest BCUT2D eigenvalue weighted by atomic mass is 32.2. The topological polar surface area (TPSA) is 81.4 Å². The Morgan fingerprint density at radius 2 is 2.00 bits per heavy atom. The van der Waals surface area contributed by atoms with Gasteiger partial charge in [-0.1, -0.05) is 0 Å². The number of nitrogens with one attached hydrogen (secondary N) is 1. The minimum atomic E-state index is -4.52. The number of ether oxygens (including phenoxy) is 1. The van der Waals surface area contributed by atoms with Crippen LogP contribution in [0.1, 0.15) is 0 Å².